The van der Waals surface area contributed by atoms with Crippen LogP contribution >= 0.6 is 11.3 Å². The second-order valence-electron chi connectivity index (χ2n) is 5.74. The number of hydrogen-bond acceptors (Lipinski definition) is 6. The smallest absolute Gasteiger partial charge is 0.337 e. The van der Waals surface area contributed by atoms with Crippen LogP contribution in [0, 0.1) is 0 Å². The van der Waals surface area contributed by atoms with E-state index in [0.717, 1.165) is 48.7 Å². The van der Waals surface area contributed by atoms with Crippen molar-refractivity contribution >= 4 is 17.3 Å². The van der Waals surface area contributed by atoms with Crippen LogP contribution in [-0.4, -0.2) is 47.3 Å². The van der Waals surface area contributed by atoms with E-state index in [1.165, 1.54) is 7.11 Å². The third kappa shape index (κ3) is 3.96. The minimum Gasteiger partial charge on any atom is -0.465 e. The van der Waals surface area contributed by atoms with Gasteiger partial charge in [0.05, 0.1) is 24.5 Å². The fraction of sp³-hybridized carbons (Fsp3) is 0.412. The zero-order valence-corrected chi connectivity index (χ0v) is 13.9. The summed E-state index contributed by atoms with van der Waals surface area (Å²) in [4.78, 5) is 18.4. The number of aromatic nitrogens is 1. The number of methoxy groups -OCH3 is 1. The van der Waals surface area contributed by atoms with Crippen molar-refractivity contribution in [1.82, 2.24) is 9.88 Å². The molecule has 0 radical (unpaired) electrons. The van der Waals surface area contributed by atoms with Crippen molar-refractivity contribution in [2.45, 2.75) is 25.5 Å². The van der Waals surface area contributed by atoms with Gasteiger partial charge in [0, 0.05) is 24.0 Å². The van der Waals surface area contributed by atoms with Gasteiger partial charge in [0.25, 0.3) is 0 Å². The molecule has 1 N–H and O–H groups in total. The van der Waals surface area contributed by atoms with Crippen molar-refractivity contribution in [2.75, 3.05) is 20.2 Å². The molecule has 1 aliphatic heterocycles. The molecular weight excluding hydrogens is 312 g/mol. The van der Waals surface area contributed by atoms with Gasteiger partial charge in [-0.1, -0.05) is 12.1 Å². The van der Waals surface area contributed by atoms with E-state index in [4.69, 9.17) is 4.74 Å². The number of hydrogen-bond donors (Lipinski definition) is 1. The zero-order chi connectivity index (χ0) is 16.2. The van der Waals surface area contributed by atoms with Gasteiger partial charge in [-0.25, -0.2) is 9.78 Å². The summed E-state index contributed by atoms with van der Waals surface area (Å²) in [7, 11) is 1.38. The molecule has 1 fully saturated rings. The van der Waals surface area contributed by atoms with Crippen molar-refractivity contribution < 1.29 is 14.6 Å². The van der Waals surface area contributed by atoms with E-state index >= 15 is 0 Å². The summed E-state index contributed by atoms with van der Waals surface area (Å²) < 4.78 is 4.70. The Labute approximate surface area is 139 Å². The highest BCUT2D eigenvalue weighted by atomic mass is 32.1. The SMILES string of the molecule is COC(=O)c1ccc(-c2nc(CN3CCC[C@@H](O)C3)cs2)cc1. The van der Waals surface area contributed by atoms with E-state index in [2.05, 4.69) is 15.3 Å². The Kier molecular flexibility index (Phi) is 5.05. The summed E-state index contributed by atoms with van der Waals surface area (Å²) in [5.41, 5.74) is 2.55. The maximum Gasteiger partial charge on any atom is 0.337 e. The third-order valence-electron chi connectivity index (χ3n) is 3.97. The Morgan fingerprint density at radius 2 is 2.22 bits per heavy atom. The fourth-order valence-electron chi connectivity index (χ4n) is 2.78. The lowest BCUT2D eigenvalue weighted by Gasteiger charge is -2.29. The van der Waals surface area contributed by atoms with E-state index < -0.39 is 0 Å². The second-order valence-corrected chi connectivity index (χ2v) is 6.60. The summed E-state index contributed by atoms with van der Waals surface area (Å²) in [6.45, 7) is 2.51. The van der Waals surface area contributed by atoms with Crippen LogP contribution in [0.5, 0.6) is 0 Å². The number of benzene rings is 1. The molecule has 0 amide bonds. The average molecular weight is 332 g/mol. The van der Waals surface area contributed by atoms with Gasteiger partial charge >= 0.3 is 5.97 Å². The molecule has 5 nitrogen and oxygen atoms in total. The van der Waals surface area contributed by atoms with E-state index in [-0.39, 0.29) is 12.1 Å². The summed E-state index contributed by atoms with van der Waals surface area (Å²) >= 11 is 1.60. The van der Waals surface area contributed by atoms with E-state index in [1.807, 2.05) is 12.1 Å². The van der Waals surface area contributed by atoms with Crippen molar-refractivity contribution in [3.05, 3.63) is 40.9 Å². The number of carbonyl (C=O) groups excluding carboxylic acids is 1. The largest absolute Gasteiger partial charge is 0.465 e. The third-order valence-corrected chi connectivity index (χ3v) is 4.91. The highest BCUT2D eigenvalue weighted by Crippen LogP contribution is 2.25. The van der Waals surface area contributed by atoms with Crippen LogP contribution in [0.4, 0.5) is 0 Å². The quantitative estimate of drug-likeness (QED) is 0.872. The average Bonchev–Trinajstić information content (AvgIpc) is 3.03. The monoisotopic (exact) mass is 332 g/mol. The molecular formula is C17H20N2O3S. The van der Waals surface area contributed by atoms with Crippen LogP contribution in [-0.2, 0) is 11.3 Å². The van der Waals surface area contributed by atoms with Crippen LogP contribution in [0.25, 0.3) is 10.6 Å². The molecule has 0 spiro atoms. The number of thiazole rings is 1. The number of aliphatic hydroxyl groups excluding tert-OH is 1. The molecule has 2 heterocycles. The number of aliphatic hydroxyl groups is 1. The van der Waals surface area contributed by atoms with Gasteiger partial charge in [-0.15, -0.1) is 11.3 Å². The maximum absolute atomic E-state index is 11.5. The first-order valence-electron chi connectivity index (χ1n) is 7.69. The van der Waals surface area contributed by atoms with Crippen molar-refractivity contribution in [1.29, 1.82) is 0 Å². The molecule has 0 unspecified atom stereocenters. The van der Waals surface area contributed by atoms with Crippen LogP contribution in [0.2, 0.25) is 0 Å². The minimum absolute atomic E-state index is 0.215. The molecule has 6 heteroatoms. The van der Waals surface area contributed by atoms with Gasteiger partial charge in [0.1, 0.15) is 5.01 Å². The molecule has 1 aromatic heterocycles. The van der Waals surface area contributed by atoms with Gasteiger partial charge in [0.15, 0.2) is 0 Å². The predicted octanol–water partition coefficient (Wildman–Crippen LogP) is 2.55. The standard InChI is InChI=1S/C17H20N2O3S/c1-22-17(21)13-6-4-12(5-7-13)16-18-14(11-23-16)9-19-8-2-3-15(20)10-19/h4-7,11,15,20H,2-3,8-10H2,1H3/t15-/m1/s1. The number of ether oxygens (including phenoxy) is 1. The molecule has 0 aliphatic carbocycles. The van der Waals surface area contributed by atoms with Crippen molar-refractivity contribution in [3.63, 3.8) is 0 Å². The molecule has 1 atom stereocenters. The van der Waals surface area contributed by atoms with E-state index in [9.17, 15) is 9.90 Å². The molecule has 1 saturated heterocycles. The summed E-state index contributed by atoms with van der Waals surface area (Å²) in [6.07, 6.45) is 1.71. The van der Waals surface area contributed by atoms with Crippen molar-refractivity contribution in [3.8, 4) is 10.6 Å². The number of likely N-dealkylation sites (tertiary alicyclic amines) is 1. The number of piperidine rings is 1. The fourth-order valence-corrected chi connectivity index (χ4v) is 3.60. The Hall–Kier alpha value is -1.76. The molecule has 1 aromatic carbocycles. The summed E-state index contributed by atoms with van der Waals surface area (Å²) in [6, 6.07) is 7.28. The lowest BCUT2D eigenvalue weighted by atomic mass is 10.1. The lowest BCUT2D eigenvalue weighted by molar-refractivity contribution is 0.0600. The van der Waals surface area contributed by atoms with Crippen molar-refractivity contribution in [2.24, 2.45) is 0 Å². The predicted molar refractivity (Wildman–Crippen MR) is 89.4 cm³/mol. The first kappa shape index (κ1) is 16.1. The van der Waals surface area contributed by atoms with Gasteiger partial charge in [-0.2, -0.15) is 0 Å². The van der Waals surface area contributed by atoms with Crippen LogP contribution in [0.15, 0.2) is 29.6 Å². The molecule has 3 rings (SSSR count). The second kappa shape index (κ2) is 7.21. The normalized spacial score (nSPS) is 18.8. The number of rotatable bonds is 4. The number of nitrogens with zero attached hydrogens (tertiary/aromatic N) is 2. The topological polar surface area (TPSA) is 62.7 Å². The Bertz CT molecular complexity index is 669. The summed E-state index contributed by atoms with van der Waals surface area (Å²) in [5.74, 6) is -0.333. The van der Waals surface area contributed by atoms with E-state index in [1.54, 1.807) is 23.5 Å². The van der Waals surface area contributed by atoms with E-state index in [0.29, 0.717) is 5.56 Å². The van der Waals surface area contributed by atoms with Gasteiger partial charge in [0.2, 0.25) is 0 Å². The molecule has 122 valence electrons. The highest BCUT2D eigenvalue weighted by molar-refractivity contribution is 7.13. The summed E-state index contributed by atoms with van der Waals surface area (Å²) in [5, 5.41) is 12.7. The first-order valence-corrected chi connectivity index (χ1v) is 8.57. The molecule has 0 saturated carbocycles. The highest BCUT2D eigenvalue weighted by Gasteiger charge is 2.18. The molecule has 23 heavy (non-hydrogen) atoms. The van der Waals surface area contributed by atoms with Gasteiger partial charge < -0.3 is 9.84 Å². The lowest BCUT2D eigenvalue weighted by Crippen LogP contribution is -2.37. The van der Waals surface area contributed by atoms with Gasteiger partial charge in [-0.3, -0.25) is 4.90 Å². The Morgan fingerprint density at radius 1 is 1.43 bits per heavy atom. The first-order chi connectivity index (χ1) is 11.2. The molecule has 0 bridgehead atoms. The Morgan fingerprint density at radius 3 is 2.91 bits per heavy atom. The number of carbonyl (C=O) groups is 1. The van der Waals surface area contributed by atoms with Crippen LogP contribution in [0.3, 0.4) is 0 Å². The Balaban J connectivity index is 1.67. The maximum atomic E-state index is 11.5. The van der Waals surface area contributed by atoms with Gasteiger partial charge in [-0.05, 0) is 31.5 Å². The number of β-amino-alcohol motifs (C(OH)–C–C–N with tert-alkyl or cyclic N) is 1. The molecule has 1 aliphatic rings. The molecule has 2 aromatic rings. The number of esters is 1. The minimum atomic E-state index is -0.333. The zero-order valence-electron chi connectivity index (χ0n) is 13.1. The van der Waals surface area contributed by atoms with Crippen LogP contribution in [0.1, 0.15) is 28.9 Å². The van der Waals surface area contributed by atoms with Crippen LogP contribution < -0.4 is 0 Å².